The Labute approximate surface area is 113 Å². The minimum Gasteiger partial charge on any atom is -0.308 e. The number of nitrogens with one attached hydrogen (secondary N) is 2. The van der Waals surface area contributed by atoms with Crippen molar-refractivity contribution in [2.24, 2.45) is 0 Å². The topological polar surface area (TPSA) is 57.8 Å². The first-order valence-electron chi connectivity index (χ1n) is 5.71. The van der Waals surface area contributed by atoms with Gasteiger partial charge in [0.05, 0.1) is 10.5 Å². The van der Waals surface area contributed by atoms with Crippen LogP contribution in [0.5, 0.6) is 0 Å². The van der Waals surface area contributed by atoms with Gasteiger partial charge in [0.2, 0.25) is 5.91 Å². The lowest BCUT2D eigenvalue weighted by atomic mass is 10.1. The molecule has 0 radical (unpaired) electrons. The normalized spacial score (nSPS) is 23.3. The minimum absolute atomic E-state index is 0.0202. The van der Waals surface area contributed by atoms with E-state index in [2.05, 4.69) is 27.0 Å². The van der Waals surface area contributed by atoms with Crippen LogP contribution in [0.3, 0.4) is 0 Å². The third-order valence-corrected chi connectivity index (χ3v) is 5.48. The molecule has 0 aromatic carbocycles. The molecule has 1 aliphatic heterocycles. The Hall–Kier alpha value is -1.27. The van der Waals surface area contributed by atoms with Gasteiger partial charge in [-0.15, -0.1) is 23.1 Å². The maximum atomic E-state index is 11.9. The van der Waals surface area contributed by atoms with Crippen molar-refractivity contribution in [2.75, 3.05) is 5.32 Å². The Morgan fingerprint density at radius 1 is 1.44 bits per heavy atom. The molecular weight excluding hydrogens is 266 g/mol. The molecule has 0 spiro atoms. The number of carbonyl (C=O) groups excluding carboxylic acids is 1. The van der Waals surface area contributed by atoms with E-state index in [1.807, 2.05) is 19.9 Å². The number of thiophene rings is 1. The molecule has 2 N–H and O–H groups in total. The maximum Gasteiger partial charge on any atom is 0.238 e. The van der Waals surface area contributed by atoms with Crippen LogP contribution < -0.4 is 5.32 Å². The number of rotatable bonds is 1. The Balaban J connectivity index is 2.12. The lowest BCUT2D eigenvalue weighted by molar-refractivity contribution is -0.115. The van der Waals surface area contributed by atoms with Crippen LogP contribution in [0.25, 0.3) is 0 Å². The number of aromatic nitrogens is 2. The number of aryl methyl sites for hydroxylation is 1. The smallest absolute Gasteiger partial charge is 0.238 e. The molecule has 6 heteroatoms. The number of H-pyrrole nitrogens is 1. The Kier molecular flexibility index (Phi) is 2.91. The molecule has 18 heavy (non-hydrogen) atoms. The quantitative estimate of drug-likeness (QED) is 0.844. The van der Waals surface area contributed by atoms with Gasteiger partial charge < -0.3 is 5.32 Å². The van der Waals surface area contributed by atoms with E-state index < -0.39 is 0 Å². The molecule has 2 aromatic heterocycles. The van der Waals surface area contributed by atoms with Crippen LogP contribution in [0.2, 0.25) is 0 Å². The highest BCUT2D eigenvalue weighted by molar-refractivity contribution is 8.01. The molecule has 3 rings (SSSR count). The van der Waals surface area contributed by atoms with E-state index in [-0.39, 0.29) is 16.4 Å². The fourth-order valence-electron chi connectivity index (χ4n) is 2.06. The van der Waals surface area contributed by atoms with Gasteiger partial charge in [0.15, 0.2) is 5.82 Å². The molecular formula is C12H13N3OS2. The summed E-state index contributed by atoms with van der Waals surface area (Å²) >= 11 is 3.39. The standard InChI is InChI=1S/C12H13N3OS2/c1-6-9-10(8-4-3-5-17-8)18-7(2)12(16)13-11(9)15-14-6/h3-5,7,10H,1-2H3,(H2,13,14,15,16)/t7-,10-/m0/s1. The van der Waals surface area contributed by atoms with Crippen molar-refractivity contribution in [1.29, 1.82) is 0 Å². The van der Waals surface area contributed by atoms with Gasteiger partial charge >= 0.3 is 0 Å². The summed E-state index contributed by atoms with van der Waals surface area (Å²) in [5.74, 6) is 0.694. The molecule has 0 saturated carbocycles. The van der Waals surface area contributed by atoms with Gasteiger partial charge in [-0.1, -0.05) is 6.07 Å². The van der Waals surface area contributed by atoms with Crippen LogP contribution in [-0.2, 0) is 4.79 Å². The van der Waals surface area contributed by atoms with Gasteiger partial charge in [-0.25, -0.2) is 0 Å². The van der Waals surface area contributed by atoms with Gasteiger partial charge in [0, 0.05) is 16.1 Å². The minimum atomic E-state index is -0.0781. The summed E-state index contributed by atoms with van der Waals surface area (Å²) in [6.07, 6.45) is 0. The molecule has 4 nitrogen and oxygen atoms in total. The first kappa shape index (κ1) is 11.8. The number of hydrogen-bond acceptors (Lipinski definition) is 4. The fourth-order valence-corrected chi connectivity index (χ4v) is 4.33. The zero-order chi connectivity index (χ0) is 12.7. The van der Waals surface area contributed by atoms with Crippen molar-refractivity contribution in [3.63, 3.8) is 0 Å². The molecule has 0 bridgehead atoms. The van der Waals surface area contributed by atoms with E-state index in [4.69, 9.17) is 0 Å². The molecule has 3 heterocycles. The monoisotopic (exact) mass is 279 g/mol. The number of nitrogens with zero attached hydrogens (tertiary/aromatic N) is 1. The van der Waals surface area contributed by atoms with Gasteiger partial charge in [-0.3, -0.25) is 9.89 Å². The van der Waals surface area contributed by atoms with Crippen molar-refractivity contribution >= 4 is 34.8 Å². The van der Waals surface area contributed by atoms with E-state index in [0.717, 1.165) is 11.3 Å². The zero-order valence-electron chi connectivity index (χ0n) is 10.1. The van der Waals surface area contributed by atoms with Gasteiger partial charge in [0.25, 0.3) is 0 Å². The molecule has 0 unspecified atom stereocenters. The molecule has 0 aliphatic carbocycles. The van der Waals surface area contributed by atoms with Crippen molar-refractivity contribution in [3.05, 3.63) is 33.6 Å². The van der Waals surface area contributed by atoms with E-state index in [0.29, 0.717) is 5.82 Å². The number of carbonyl (C=O) groups is 1. The van der Waals surface area contributed by atoms with E-state index in [9.17, 15) is 4.79 Å². The summed E-state index contributed by atoms with van der Waals surface area (Å²) in [5, 5.41) is 12.2. The fraction of sp³-hybridized carbons (Fsp3) is 0.333. The molecule has 0 saturated heterocycles. The summed E-state index contributed by atoms with van der Waals surface area (Å²) in [5.41, 5.74) is 2.12. The van der Waals surface area contributed by atoms with Crippen LogP contribution in [0.15, 0.2) is 17.5 Å². The van der Waals surface area contributed by atoms with E-state index in [1.54, 1.807) is 23.1 Å². The molecule has 94 valence electrons. The first-order valence-corrected chi connectivity index (χ1v) is 7.53. The zero-order valence-corrected chi connectivity index (χ0v) is 11.7. The molecule has 1 amide bonds. The summed E-state index contributed by atoms with van der Waals surface area (Å²) < 4.78 is 0. The molecule has 0 fully saturated rings. The average molecular weight is 279 g/mol. The van der Waals surface area contributed by atoms with Gasteiger partial charge in [0.1, 0.15) is 0 Å². The van der Waals surface area contributed by atoms with Crippen molar-refractivity contribution in [2.45, 2.75) is 24.3 Å². The second kappa shape index (κ2) is 4.44. The summed E-state index contributed by atoms with van der Waals surface area (Å²) in [6.45, 7) is 3.93. The van der Waals surface area contributed by atoms with Crippen LogP contribution in [0, 0.1) is 6.92 Å². The highest BCUT2D eigenvalue weighted by atomic mass is 32.2. The van der Waals surface area contributed by atoms with Gasteiger partial charge in [-0.2, -0.15) is 5.10 Å². The molecule has 2 aromatic rings. The second-order valence-electron chi connectivity index (χ2n) is 4.27. The van der Waals surface area contributed by atoms with Crippen LogP contribution in [0.4, 0.5) is 5.82 Å². The third kappa shape index (κ3) is 1.85. The SMILES string of the molecule is Cc1[nH]nc2c1[C@H](c1cccs1)S[C@@H](C)C(=O)N2. The Bertz CT molecular complexity index is 576. The molecule has 1 aliphatic rings. The number of fused-ring (bicyclic) bond motifs is 1. The number of aromatic amines is 1. The number of amides is 1. The number of anilines is 1. The number of thioether (sulfide) groups is 1. The highest BCUT2D eigenvalue weighted by Crippen LogP contribution is 2.45. The van der Waals surface area contributed by atoms with Crippen molar-refractivity contribution < 1.29 is 4.79 Å². The van der Waals surface area contributed by atoms with E-state index >= 15 is 0 Å². The third-order valence-electron chi connectivity index (χ3n) is 3.01. The Morgan fingerprint density at radius 3 is 3.00 bits per heavy atom. The van der Waals surface area contributed by atoms with Crippen molar-refractivity contribution in [3.8, 4) is 0 Å². The van der Waals surface area contributed by atoms with Gasteiger partial charge in [-0.05, 0) is 25.3 Å². The van der Waals surface area contributed by atoms with Crippen LogP contribution >= 0.6 is 23.1 Å². The van der Waals surface area contributed by atoms with Crippen LogP contribution in [0.1, 0.15) is 28.3 Å². The average Bonchev–Trinajstić information content (AvgIpc) is 2.95. The predicted octanol–water partition coefficient (Wildman–Crippen LogP) is 2.94. The Morgan fingerprint density at radius 2 is 2.28 bits per heavy atom. The number of hydrogen-bond donors (Lipinski definition) is 2. The largest absolute Gasteiger partial charge is 0.308 e. The second-order valence-corrected chi connectivity index (χ2v) is 6.70. The lowest BCUT2D eigenvalue weighted by Crippen LogP contribution is -2.21. The predicted molar refractivity (Wildman–Crippen MR) is 75.2 cm³/mol. The van der Waals surface area contributed by atoms with Crippen LogP contribution in [-0.4, -0.2) is 21.4 Å². The van der Waals surface area contributed by atoms with E-state index in [1.165, 1.54) is 4.88 Å². The summed E-state index contributed by atoms with van der Waals surface area (Å²) in [6, 6.07) is 4.15. The first-order chi connectivity index (χ1) is 8.66. The summed E-state index contributed by atoms with van der Waals surface area (Å²) in [4.78, 5) is 13.2. The molecule has 2 atom stereocenters. The highest BCUT2D eigenvalue weighted by Gasteiger charge is 2.32. The lowest BCUT2D eigenvalue weighted by Gasteiger charge is -2.15. The summed E-state index contributed by atoms with van der Waals surface area (Å²) in [7, 11) is 0. The van der Waals surface area contributed by atoms with Crippen molar-refractivity contribution in [1.82, 2.24) is 10.2 Å². The maximum absolute atomic E-state index is 11.9.